The number of carbonyl (C=O) groups is 1. The van der Waals surface area contributed by atoms with Crippen LogP contribution in [0.25, 0.3) is 0 Å². The van der Waals surface area contributed by atoms with Crippen molar-refractivity contribution in [1.29, 1.82) is 0 Å². The molecular formula is C12H15ClN2O2. The van der Waals surface area contributed by atoms with Crippen molar-refractivity contribution in [2.24, 2.45) is 0 Å². The summed E-state index contributed by atoms with van der Waals surface area (Å²) in [6, 6.07) is 1.60. The van der Waals surface area contributed by atoms with Gasteiger partial charge in [-0.05, 0) is 25.8 Å². The molecule has 1 aliphatic rings. The van der Waals surface area contributed by atoms with Crippen LogP contribution in [0, 0.1) is 0 Å². The molecule has 1 amide bonds. The van der Waals surface area contributed by atoms with Crippen molar-refractivity contribution < 1.29 is 9.53 Å². The van der Waals surface area contributed by atoms with Crippen LogP contribution in [-0.2, 0) is 4.74 Å². The lowest BCUT2D eigenvalue weighted by atomic mass is 10.0. The molecule has 4 nitrogen and oxygen atoms in total. The Hall–Kier alpha value is -1.13. The number of carbonyl (C=O) groups excluding carboxylic acids is 1. The van der Waals surface area contributed by atoms with Crippen LogP contribution in [0.1, 0.15) is 30.1 Å². The highest BCUT2D eigenvalue weighted by Crippen LogP contribution is 2.24. The maximum atomic E-state index is 11.9. The maximum absolute atomic E-state index is 11.9. The zero-order valence-corrected chi connectivity index (χ0v) is 10.5. The van der Waals surface area contributed by atoms with Gasteiger partial charge in [0.05, 0.1) is 16.2 Å². The second-order valence-corrected chi connectivity index (χ2v) is 4.85. The number of amides is 1. The number of halogens is 1. The summed E-state index contributed by atoms with van der Waals surface area (Å²) in [5, 5.41) is 3.25. The Balaban J connectivity index is 1.96. The SMILES string of the molecule is CC1(CNC(=O)c2cnccc2Cl)CCCO1. The topological polar surface area (TPSA) is 51.2 Å². The minimum Gasteiger partial charge on any atom is -0.373 e. The van der Waals surface area contributed by atoms with Crippen molar-refractivity contribution >= 4 is 17.5 Å². The van der Waals surface area contributed by atoms with Crippen LogP contribution in [0.3, 0.4) is 0 Å². The van der Waals surface area contributed by atoms with Gasteiger partial charge >= 0.3 is 0 Å². The summed E-state index contributed by atoms with van der Waals surface area (Å²) in [7, 11) is 0. The highest BCUT2D eigenvalue weighted by atomic mass is 35.5. The Morgan fingerprint density at radius 2 is 2.53 bits per heavy atom. The normalized spacial score (nSPS) is 23.6. The van der Waals surface area contributed by atoms with E-state index in [2.05, 4.69) is 10.3 Å². The number of rotatable bonds is 3. The molecule has 1 aromatic heterocycles. The summed E-state index contributed by atoms with van der Waals surface area (Å²) < 4.78 is 5.59. The Morgan fingerprint density at radius 1 is 1.71 bits per heavy atom. The van der Waals surface area contributed by atoms with Gasteiger partial charge in [0.2, 0.25) is 0 Å². The molecule has 0 spiro atoms. The third kappa shape index (κ3) is 2.96. The van der Waals surface area contributed by atoms with Crippen molar-refractivity contribution in [3.63, 3.8) is 0 Å². The number of hydrogen-bond donors (Lipinski definition) is 1. The van der Waals surface area contributed by atoms with E-state index in [1.807, 2.05) is 6.92 Å². The number of nitrogens with zero attached hydrogens (tertiary/aromatic N) is 1. The molecule has 1 unspecified atom stereocenters. The minimum atomic E-state index is -0.246. The van der Waals surface area contributed by atoms with Gasteiger partial charge in [-0.3, -0.25) is 9.78 Å². The van der Waals surface area contributed by atoms with Crippen LogP contribution >= 0.6 is 11.6 Å². The summed E-state index contributed by atoms with van der Waals surface area (Å²) in [4.78, 5) is 15.8. The summed E-state index contributed by atoms with van der Waals surface area (Å²) in [5.74, 6) is -0.208. The molecule has 1 saturated heterocycles. The lowest BCUT2D eigenvalue weighted by molar-refractivity contribution is 0.0206. The van der Waals surface area contributed by atoms with Crippen LogP contribution in [0.2, 0.25) is 5.02 Å². The molecule has 0 bridgehead atoms. The molecule has 17 heavy (non-hydrogen) atoms. The minimum absolute atomic E-state index is 0.208. The lowest BCUT2D eigenvalue weighted by Crippen LogP contribution is -2.40. The number of pyridine rings is 1. The maximum Gasteiger partial charge on any atom is 0.254 e. The molecule has 1 aromatic rings. The predicted octanol–water partition coefficient (Wildman–Crippen LogP) is 2.03. The van der Waals surface area contributed by atoms with Gasteiger partial charge in [0.1, 0.15) is 0 Å². The second-order valence-electron chi connectivity index (χ2n) is 4.44. The van der Waals surface area contributed by atoms with Crippen LogP contribution in [0.15, 0.2) is 18.5 Å². The van der Waals surface area contributed by atoms with Crippen molar-refractivity contribution in [3.8, 4) is 0 Å². The summed E-state index contributed by atoms with van der Waals surface area (Å²) in [6.07, 6.45) is 5.03. The van der Waals surface area contributed by atoms with Gasteiger partial charge < -0.3 is 10.1 Å². The standard InChI is InChI=1S/C12H15ClN2O2/c1-12(4-2-6-17-12)8-15-11(16)9-7-14-5-3-10(9)13/h3,5,7H,2,4,6,8H2,1H3,(H,15,16). The molecule has 2 rings (SSSR count). The largest absolute Gasteiger partial charge is 0.373 e. The molecule has 0 aliphatic carbocycles. The average Bonchev–Trinajstić information content (AvgIpc) is 2.74. The number of aromatic nitrogens is 1. The van der Waals surface area contributed by atoms with Crippen molar-refractivity contribution in [2.75, 3.05) is 13.2 Å². The van der Waals surface area contributed by atoms with Crippen LogP contribution in [0.4, 0.5) is 0 Å². The predicted molar refractivity (Wildman–Crippen MR) is 65.2 cm³/mol. The van der Waals surface area contributed by atoms with E-state index in [0.717, 1.165) is 19.4 Å². The van der Waals surface area contributed by atoms with Crippen molar-refractivity contribution in [2.45, 2.75) is 25.4 Å². The van der Waals surface area contributed by atoms with Gasteiger partial charge in [-0.25, -0.2) is 0 Å². The van der Waals surface area contributed by atoms with E-state index < -0.39 is 0 Å². The molecule has 1 fully saturated rings. The van der Waals surface area contributed by atoms with Crippen LogP contribution in [0.5, 0.6) is 0 Å². The zero-order valence-electron chi connectivity index (χ0n) is 9.70. The quantitative estimate of drug-likeness (QED) is 0.898. The fourth-order valence-electron chi connectivity index (χ4n) is 1.88. The first-order valence-corrected chi connectivity index (χ1v) is 6.00. The van der Waals surface area contributed by atoms with E-state index >= 15 is 0 Å². The van der Waals surface area contributed by atoms with Gasteiger partial charge in [0.25, 0.3) is 5.91 Å². The Morgan fingerprint density at radius 3 is 3.18 bits per heavy atom. The molecule has 92 valence electrons. The molecule has 1 aliphatic heterocycles. The molecule has 1 N–H and O–H groups in total. The Labute approximate surface area is 105 Å². The molecule has 1 atom stereocenters. The van der Waals surface area contributed by atoms with Gasteiger partial charge in [-0.2, -0.15) is 0 Å². The number of nitrogens with one attached hydrogen (secondary N) is 1. The number of ether oxygens (including phenoxy) is 1. The monoisotopic (exact) mass is 254 g/mol. The highest BCUT2D eigenvalue weighted by Gasteiger charge is 2.30. The van der Waals surface area contributed by atoms with Crippen molar-refractivity contribution in [1.82, 2.24) is 10.3 Å². The molecule has 0 radical (unpaired) electrons. The molecule has 2 heterocycles. The first kappa shape index (κ1) is 12.3. The van der Waals surface area contributed by atoms with E-state index in [9.17, 15) is 4.79 Å². The fraction of sp³-hybridized carbons (Fsp3) is 0.500. The third-order valence-corrected chi connectivity index (χ3v) is 3.27. The van der Waals surface area contributed by atoms with Gasteiger partial charge in [0.15, 0.2) is 0 Å². The van der Waals surface area contributed by atoms with Gasteiger partial charge in [-0.1, -0.05) is 11.6 Å². The molecular weight excluding hydrogens is 240 g/mol. The first-order chi connectivity index (χ1) is 8.11. The Bertz CT molecular complexity index is 417. The van der Waals surface area contributed by atoms with Crippen LogP contribution in [-0.4, -0.2) is 29.6 Å². The Kier molecular flexibility index (Phi) is 3.64. The average molecular weight is 255 g/mol. The fourth-order valence-corrected chi connectivity index (χ4v) is 2.07. The lowest BCUT2D eigenvalue weighted by Gasteiger charge is -2.23. The van der Waals surface area contributed by atoms with E-state index in [1.165, 1.54) is 6.20 Å². The number of hydrogen-bond acceptors (Lipinski definition) is 3. The summed E-state index contributed by atoms with van der Waals surface area (Å²) in [6.45, 7) is 3.27. The van der Waals surface area contributed by atoms with Gasteiger partial charge in [-0.15, -0.1) is 0 Å². The molecule has 0 saturated carbocycles. The zero-order chi connectivity index (χ0) is 12.3. The molecule has 5 heteroatoms. The molecule has 0 aromatic carbocycles. The van der Waals surface area contributed by atoms with E-state index in [0.29, 0.717) is 17.1 Å². The van der Waals surface area contributed by atoms with Gasteiger partial charge in [0, 0.05) is 25.5 Å². The summed E-state index contributed by atoms with van der Waals surface area (Å²) in [5.41, 5.74) is 0.153. The third-order valence-electron chi connectivity index (χ3n) is 2.94. The second kappa shape index (κ2) is 5.02. The van der Waals surface area contributed by atoms with E-state index in [1.54, 1.807) is 12.3 Å². The van der Waals surface area contributed by atoms with Crippen molar-refractivity contribution in [3.05, 3.63) is 29.0 Å². The highest BCUT2D eigenvalue weighted by molar-refractivity contribution is 6.33. The van der Waals surface area contributed by atoms with E-state index in [4.69, 9.17) is 16.3 Å². The smallest absolute Gasteiger partial charge is 0.254 e. The first-order valence-electron chi connectivity index (χ1n) is 5.62. The van der Waals surface area contributed by atoms with E-state index in [-0.39, 0.29) is 11.5 Å². The van der Waals surface area contributed by atoms with Crippen LogP contribution < -0.4 is 5.32 Å². The summed E-state index contributed by atoms with van der Waals surface area (Å²) >= 11 is 5.92.